The van der Waals surface area contributed by atoms with Crippen LogP contribution in [0.25, 0.3) is 0 Å². The van der Waals surface area contributed by atoms with Crippen molar-refractivity contribution >= 4 is 21.8 Å². The smallest absolute Gasteiger partial charge is 0.354 e. The van der Waals surface area contributed by atoms with Gasteiger partial charge in [-0.1, -0.05) is 6.08 Å². The fourth-order valence-electron chi connectivity index (χ4n) is 3.30. The van der Waals surface area contributed by atoms with Crippen LogP contribution in [0.3, 0.4) is 0 Å². The summed E-state index contributed by atoms with van der Waals surface area (Å²) in [6, 6.07) is 5.91. The summed E-state index contributed by atoms with van der Waals surface area (Å²) in [5, 5.41) is 0. The van der Waals surface area contributed by atoms with E-state index in [1.807, 2.05) is 0 Å². The van der Waals surface area contributed by atoms with Gasteiger partial charge in [-0.3, -0.25) is 4.79 Å². The van der Waals surface area contributed by atoms with Crippen LogP contribution in [0, 0.1) is 13.8 Å². The second kappa shape index (κ2) is 9.27. The first kappa shape index (κ1) is 23.4. The van der Waals surface area contributed by atoms with Gasteiger partial charge in [-0.2, -0.15) is 4.31 Å². The van der Waals surface area contributed by atoms with Crippen molar-refractivity contribution in [3.63, 3.8) is 0 Å². The molecule has 0 bridgehead atoms. The molecule has 0 saturated heterocycles. The average molecular weight is 435 g/mol. The Hall–Kier alpha value is -2.91. The van der Waals surface area contributed by atoms with Gasteiger partial charge < -0.3 is 14.0 Å². The Balaban J connectivity index is 2.43. The van der Waals surface area contributed by atoms with Crippen molar-refractivity contribution in [2.24, 2.45) is 7.05 Å². The van der Waals surface area contributed by atoms with E-state index in [4.69, 9.17) is 9.47 Å². The molecule has 0 atom stereocenters. The maximum Gasteiger partial charge on any atom is 0.354 e. The Morgan fingerprint density at radius 3 is 2.27 bits per heavy atom. The van der Waals surface area contributed by atoms with Gasteiger partial charge in [-0.15, -0.1) is 6.58 Å². The summed E-state index contributed by atoms with van der Waals surface area (Å²) in [5.41, 5.74) is 1.56. The van der Waals surface area contributed by atoms with Crippen LogP contribution >= 0.6 is 0 Å². The molecule has 0 N–H and O–H groups in total. The van der Waals surface area contributed by atoms with Gasteiger partial charge in [-0.25, -0.2) is 13.2 Å². The highest BCUT2D eigenvalue weighted by Crippen LogP contribution is 2.24. The van der Waals surface area contributed by atoms with E-state index in [1.54, 1.807) is 25.5 Å². The van der Waals surface area contributed by atoms with Crippen molar-refractivity contribution < 1.29 is 27.5 Å². The lowest BCUT2D eigenvalue weighted by atomic mass is 10.1. The van der Waals surface area contributed by atoms with Crippen molar-refractivity contribution in [1.82, 2.24) is 8.87 Å². The summed E-state index contributed by atoms with van der Waals surface area (Å²) in [6.07, 6.45) is 1.42. The summed E-state index contributed by atoms with van der Waals surface area (Å²) >= 11 is 0. The van der Waals surface area contributed by atoms with E-state index in [0.29, 0.717) is 22.6 Å². The molecule has 30 heavy (non-hydrogen) atoms. The highest BCUT2D eigenvalue weighted by Gasteiger charge is 2.30. The van der Waals surface area contributed by atoms with E-state index in [9.17, 15) is 18.0 Å². The number of hydrogen-bond donors (Lipinski definition) is 0. The minimum Gasteiger partial charge on any atom is -0.497 e. The number of benzene rings is 1. The molecule has 1 heterocycles. The highest BCUT2D eigenvalue weighted by atomic mass is 32.2. The van der Waals surface area contributed by atoms with Gasteiger partial charge in [0.25, 0.3) is 0 Å². The van der Waals surface area contributed by atoms with E-state index in [2.05, 4.69) is 6.58 Å². The number of esters is 1. The third-order valence-corrected chi connectivity index (χ3v) is 6.76. The molecule has 8 nitrogen and oxygen atoms in total. The van der Waals surface area contributed by atoms with Crippen LogP contribution in [-0.2, 0) is 21.8 Å². The Kier molecular flexibility index (Phi) is 7.22. The van der Waals surface area contributed by atoms with Crippen LogP contribution in [0.15, 0.2) is 41.8 Å². The fraction of sp³-hybridized carbons (Fsp3) is 0.333. The molecule has 0 aliphatic rings. The van der Waals surface area contributed by atoms with Crippen molar-refractivity contribution in [3.05, 3.63) is 59.4 Å². The lowest BCUT2D eigenvalue weighted by Gasteiger charge is -2.20. The van der Waals surface area contributed by atoms with Crippen LogP contribution in [0.2, 0.25) is 0 Å². The highest BCUT2D eigenvalue weighted by molar-refractivity contribution is 7.89. The fourth-order valence-corrected chi connectivity index (χ4v) is 4.67. The van der Waals surface area contributed by atoms with Gasteiger partial charge in [-0.05, 0) is 43.7 Å². The van der Waals surface area contributed by atoms with E-state index in [-0.39, 0.29) is 17.1 Å². The van der Waals surface area contributed by atoms with Crippen molar-refractivity contribution in [2.75, 3.05) is 27.3 Å². The molecule has 1 aromatic carbocycles. The molecule has 0 spiro atoms. The molecule has 0 aliphatic carbocycles. The largest absolute Gasteiger partial charge is 0.497 e. The number of Topliss-reactive ketones (excluding diaryl/α,β-unsaturated/α-hetero) is 1. The summed E-state index contributed by atoms with van der Waals surface area (Å²) in [5.74, 6) is -0.466. The zero-order valence-electron chi connectivity index (χ0n) is 17.8. The predicted molar refractivity (Wildman–Crippen MR) is 113 cm³/mol. The number of carbonyl (C=O) groups excluding carboxylic acids is 2. The Bertz CT molecular complexity index is 1070. The molecule has 162 valence electrons. The lowest BCUT2D eigenvalue weighted by Crippen LogP contribution is -2.36. The minimum atomic E-state index is -3.95. The molecule has 0 aliphatic heterocycles. The topological polar surface area (TPSA) is 94.9 Å². The molecule has 1 aromatic heterocycles. The molecule has 0 amide bonds. The lowest BCUT2D eigenvalue weighted by molar-refractivity contribution is 0.0588. The van der Waals surface area contributed by atoms with Gasteiger partial charge in [0.15, 0.2) is 5.78 Å². The standard InChI is InChI=1S/C21H26N2O6S/c1-7-12-23(30(26,27)17-10-8-16(28-5)9-11-17)13-18(24)19-14(2)20(21(25)29-6)22(4)15(19)3/h7-11H,1,12-13H2,2-6H3. The maximum absolute atomic E-state index is 13.1. The summed E-state index contributed by atoms with van der Waals surface area (Å²) in [7, 11) is 0.448. The second-order valence-corrected chi connectivity index (χ2v) is 8.61. The Labute approximate surface area is 176 Å². The van der Waals surface area contributed by atoms with Crippen LogP contribution in [0.4, 0.5) is 0 Å². The Morgan fingerprint density at radius 1 is 1.17 bits per heavy atom. The SMILES string of the molecule is C=CCN(CC(=O)c1c(C)c(C(=O)OC)n(C)c1C)S(=O)(=O)c1ccc(OC)cc1. The number of rotatable bonds is 9. The summed E-state index contributed by atoms with van der Waals surface area (Å²) in [4.78, 5) is 25.2. The Morgan fingerprint density at radius 2 is 1.77 bits per heavy atom. The number of nitrogens with zero attached hydrogens (tertiary/aromatic N) is 2. The van der Waals surface area contributed by atoms with E-state index in [0.717, 1.165) is 4.31 Å². The quantitative estimate of drug-likeness (QED) is 0.342. The normalized spacial score (nSPS) is 11.4. The molecule has 2 aromatic rings. The van der Waals surface area contributed by atoms with Gasteiger partial charge >= 0.3 is 5.97 Å². The van der Waals surface area contributed by atoms with Crippen molar-refractivity contribution in [2.45, 2.75) is 18.7 Å². The third kappa shape index (κ3) is 4.31. The first-order valence-electron chi connectivity index (χ1n) is 9.12. The number of methoxy groups -OCH3 is 2. The zero-order chi connectivity index (χ0) is 22.6. The third-order valence-electron chi connectivity index (χ3n) is 4.94. The minimum absolute atomic E-state index is 0.0368. The van der Waals surface area contributed by atoms with Gasteiger partial charge in [0.1, 0.15) is 11.4 Å². The van der Waals surface area contributed by atoms with Gasteiger partial charge in [0, 0.05) is 24.8 Å². The molecule has 0 unspecified atom stereocenters. The second-order valence-electron chi connectivity index (χ2n) is 6.67. The van der Waals surface area contributed by atoms with E-state index >= 15 is 0 Å². The molecule has 0 radical (unpaired) electrons. The molecule has 0 saturated carbocycles. The van der Waals surface area contributed by atoms with Crippen LogP contribution in [0.1, 0.15) is 32.1 Å². The van der Waals surface area contributed by atoms with Crippen LogP contribution in [-0.4, -0.2) is 56.4 Å². The predicted octanol–water partition coefficient (Wildman–Crippen LogP) is 2.50. The average Bonchev–Trinajstić information content (AvgIpc) is 2.95. The number of aromatic nitrogens is 1. The van der Waals surface area contributed by atoms with Crippen LogP contribution in [0.5, 0.6) is 5.75 Å². The maximum atomic E-state index is 13.1. The number of sulfonamides is 1. The van der Waals surface area contributed by atoms with Crippen molar-refractivity contribution in [1.29, 1.82) is 0 Å². The number of ketones is 1. The number of carbonyl (C=O) groups is 2. The summed E-state index contributed by atoms with van der Waals surface area (Å²) < 4.78 is 38.7. The van der Waals surface area contributed by atoms with Crippen LogP contribution < -0.4 is 4.74 Å². The van der Waals surface area contributed by atoms with E-state index < -0.39 is 28.3 Å². The van der Waals surface area contributed by atoms with E-state index in [1.165, 1.54) is 44.6 Å². The molecular formula is C21H26N2O6S. The van der Waals surface area contributed by atoms with Crippen molar-refractivity contribution in [3.8, 4) is 5.75 Å². The molecule has 9 heteroatoms. The monoisotopic (exact) mass is 434 g/mol. The first-order valence-corrected chi connectivity index (χ1v) is 10.6. The van der Waals surface area contributed by atoms with Gasteiger partial charge in [0.05, 0.1) is 25.7 Å². The zero-order valence-corrected chi connectivity index (χ0v) is 18.6. The number of ether oxygens (including phenoxy) is 2. The molecule has 0 fully saturated rings. The molecule has 2 rings (SSSR count). The summed E-state index contributed by atoms with van der Waals surface area (Å²) in [6.45, 7) is 6.50. The number of hydrogen-bond acceptors (Lipinski definition) is 6. The first-order chi connectivity index (χ1) is 14.1. The molecular weight excluding hydrogens is 408 g/mol. The van der Waals surface area contributed by atoms with Gasteiger partial charge in [0.2, 0.25) is 10.0 Å².